The molecule has 2 aromatic carbocycles. The first-order valence-corrected chi connectivity index (χ1v) is 8.66. The van der Waals surface area contributed by atoms with Gasteiger partial charge in [0.15, 0.2) is 5.75 Å². The second-order valence-corrected chi connectivity index (χ2v) is 6.46. The van der Waals surface area contributed by atoms with Crippen LogP contribution in [-0.2, 0) is 13.6 Å². The number of fused-ring (bicyclic) bond motifs is 1. The summed E-state index contributed by atoms with van der Waals surface area (Å²) in [6.45, 7) is 4.49. The van der Waals surface area contributed by atoms with Crippen LogP contribution in [0, 0.1) is 0 Å². The lowest BCUT2D eigenvalue weighted by molar-refractivity contribution is 0.226. The Bertz CT molecular complexity index is 962. The molecule has 0 aliphatic rings. The number of ether oxygens (including phenoxy) is 2. The largest absolute Gasteiger partial charge is 0.492 e. The molecule has 0 amide bonds. The molecule has 5 heteroatoms. The van der Waals surface area contributed by atoms with Crippen LogP contribution in [0.2, 0.25) is 0 Å². The Labute approximate surface area is 153 Å². The molecular weight excluding hydrogens is 328 g/mol. The van der Waals surface area contributed by atoms with E-state index in [-0.39, 0.29) is 17.4 Å². The zero-order chi connectivity index (χ0) is 18.7. The number of pyridine rings is 1. The van der Waals surface area contributed by atoms with Crippen molar-refractivity contribution >= 4 is 16.6 Å². The Balaban J connectivity index is 2.01. The van der Waals surface area contributed by atoms with E-state index in [1.807, 2.05) is 50.2 Å². The first-order valence-electron chi connectivity index (χ1n) is 8.66. The van der Waals surface area contributed by atoms with Gasteiger partial charge in [-0.25, -0.2) is 0 Å². The van der Waals surface area contributed by atoms with Gasteiger partial charge in [0.1, 0.15) is 0 Å². The first kappa shape index (κ1) is 17.9. The van der Waals surface area contributed by atoms with Crippen LogP contribution in [0.3, 0.4) is 0 Å². The summed E-state index contributed by atoms with van der Waals surface area (Å²) in [5, 5.41) is 4.24. The average molecular weight is 352 g/mol. The molecule has 3 aromatic rings. The van der Waals surface area contributed by atoms with E-state index in [9.17, 15) is 4.79 Å². The van der Waals surface area contributed by atoms with Crippen molar-refractivity contribution in [3.63, 3.8) is 0 Å². The maximum absolute atomic E-state index is 12.7. The van der Waals surface area contributed by atoms with Crippen molar-refractivity contribution in [2.24, 2.45) is 7.05 Å². The minimum absolute atomic E-state index is 0.110. The summed E-state index contributed by atoms with van der Waals surface area (Å²) in [4.78, 5) is 12.7. The smallest absolute Gasteiger partial charge is 0.297 e. The Morgan fingerprint density at radius 1 is 1.08 bits per heavy atom. The molecule has 136 valence electrons. The van der Waals surface area contributed by atoms with Crippen molar-refractivity contribution < 1.29 is 9.47 Å². The lowest BCUT2D eigenvalue weighted by Crippen LogP contribution is -2.23. The third kappa shape index (κ3) is 3.52. The highest BCUT2D eigenvalue weighted by Gasteiger charge is 2.18. The van der Waals surface area contributed by atoms with E-state index in [1.54, 1.807) is 18.7 Å². The van der Waals surface area contributed by atoms with Gasteiger partial charge in [-0.05, 0) is 37.6 Å². The van der Waals surface area contributed by atoms with Gasteiger partial charge in [0, 0.05) is 24.7 Å². The monoisotopic (exact) mass is 352 g/mol. The quantitative estimate of drug-likeness (QED) is 0.730. The lowest BCUT2D eigenvalue weighted by Gasteiger charge is -2.17. The summed E-state index contributed by atoms with van der Waals surface area (Å²) in [5.74, 6) is 0.730. The second-order valence-electron chi connectivity index (χ2n) is 6.46. The second kappa shape index (κ2) is 7.52. The zero-order valence-corrected chi connectivity index (χ0v) is 15.6. The summed E-state index contributed by atoms with van der Waals surface area (Å²) in [5.41, 5.74) is 2.72. The normalized spacial score (nSPS) is 11.0. The molecule has 0 bridgehead atoms. The highest BCUT2D eigenvalue weighted by Crippen LogP contribution is 2.34. The molecule has 0 spiro atoms. The fourth-order valence-electron chi connectivity index (χ4n) is 2.93. The van der Waals surface area contributed by atoms with E-state index in [2.05, 4.69) is 17.4 Å². The predicted molar refractivity (Wildman–Crippen MR) is 105 cm³/mol. The minimum atomic E-state index is -0.205. The molecule has 0 saturated carbocycles. The topological polar surface area (TPSA) is 52.5 Å². The van der Waals surface area contributed by atoms with Crippen molar-refractivity contribution in [3.8, 4) is 11.5 Å². The van der Waals surface area contributed by atoms with E-state index >= 15 is 0 Å². The van der Waals surface area contributed by atoms with Crippen LogP contribution in [0.15, 0.2) is 53.3 Å². The maximum atomic E-state index is 12.7. The minimum Gasteiger partial charge on any atom is -0.492 e. The molecule has 1 heterocycles. The molecule has 0 fully saturated rings. The van der Waals surface area contributed by atoms with Gasteiger partial charge in [-0.2, -0.15) is 0 Å². The van der Waals surface area contributed by atoms with Crippen LogP contribution < -0.4 is 20.3 Å². The number of aromatic nitrogens is 1. The highest BCUT2D eigenvalue weighted by atomic mass is 16.5. The molecule has 0 aliphatic carbocycles. The van der Waals surface area contributed by atoms with Gasteiger partial charge in [-0.15, -0.1) is 0 Å². The summed E-state index contributed by atoms with van der Waals surface area (Å²) in [7, 11) is 3.31. The van der Waals surface area contributed by atoms with Crippen LogP contribution in [0.4, 0.5) is 5.69 Å². The molecule has 0 radical (unpaired) electrons. The average Bonchev–Trinajstić information content (AvgIpc) is 2.65. The van der Waals surface area contributed by atoms with Crippen LogP contribution in [-0.4, -0.2) is 17.8 Å². The molecule has 0 aliphatic heterocycles. The number of nitrogens with one attached hydrogen (secondary N) is 1. The molecule has 0 unspecified atom stereocenters. The fourth-order valence-corrected chi connectivity index (χ4v) is 2.93. The lowest BCUT2D eigenvalue weighted by atomic mass is 10.1. The SMILES string of the molecule is COc1c(OC(C)C)c(=O)n(C)c2cc(NCc3ccccc3)ccc12. The third-order valence-electron chi connectivity index (χ3n) is 4.21. The van der Waals surface area contributed by atoms with Gasteiger partial charge in [0.05, 0.1) is 18.7 Å². The molecule has 1 N–H and O–H groups in total. The van der Waals surface area contributed by atoms with E-state index in [0.717, 1.165) is 16.6 Å². The van der Waals surface area contributed by atoms with Crippen molar-refractivity contribution in [1.29, 1.82) is 0 Å². The number of benzene rings is 2. The van der Waals surface area contributed by atoms with Crippen LogP contribution in [0.5, 0.6) is 11.5 Å². The zero-order valence-electron chi connectivity index (χ0n) is 15.6. The fraction of sp³-hybridized carbons (Fsp3) is 0.286. The number of methoxy groups -OCH3 is 1. The molecular formula is C21H24N2O3. The number of rotatable bonds is 6. The molecule has 1 aromatic heterocycles. The van der Waals surface area contributed by atoms with Crippen molar-refractivity contribution in [2.45, 2.75) is 26.5 Å². The van der Waals surface area contributed by atoms with Gasteiger partial charge in [0.25, 0.3) is 5.56 Å². The summed E-state index contributed by atoms with van der Waals surface area (Å²) in [6, 6.07) is 16.1. The van der Waals surface area contributed by atoms with Crippen LogP contribution in [0.1, 0.15) is 19.4 Å². The molecule has 5 nitrogen and oxygen atoms in total. The predicted octanol–water partition coefficient (Wildman–Crippen LogP) is 3.95. The molecule has 0 saturated heterocycles. The molecule has 0 atom stereocenters. The Morgan fingerprint density at radius 2 is 1.81 bits per heavy atom. The summed E-state index contributed by atoms with van der Waals surface area (Å²) in [6.07, 6.45) is -0.110. The number of aryl methyl sites for hydroxylation is 1. The van der Waals surface area contributed by atoms with Gasteiger partial charge < -0.3 is 19.4 Å². The van der Waals surface area contributed by atoms with E-state index in [4.69, 9.17) is 9.47 Å². The van der Waals surface area contributed by atoms with Gasteiger partial charge in [-0.3, -0.25) is 4.79 Å². The van der Waals surface area contributed by atoms with Crippen molar-refractivity contribution in [3.05, 3.63) is 64.4 Å². The van der Waals surface area contributed by atoms with Crippen LogP contribution in [0.25, 0.3) is 10.9 Å². The molecule has 3 rings (SSSR count). The Kier molecular flexibility index (Phi) is 5.16. The number of hydrogen-bond acceptors (Lipinski definition) is 4. The van der Waals surface area contributed by atoms with E-state index in [0.29, 0.717) is 12.3 Å². The van der Waals surface area contributed by atoms with Gasteiger partial charge in [0.2, 0.25) is 5.75 Å². The van der Waals surface area contributed by atoms with Gasteiger partial charge >= 0.3 is 0 Å². The Morgan fingerprint density at radius 3 is 2.46 bits per heavy atom. The molecule has 26 heavy (non-hydrogen) atoms. The third-order valence-corrected chi connectivity index (χ3v) is 4.21. The number of anilines is 1. The van der Waals surface area contributed by atoms with Crippen molar-refractivity contribution in [1.82, 2.24) is 4.57 Å². The number of hydrogen-bond donors (Lipinski definition) is 1. The van der Waals surface area contributed by atoms with E-state index in [1.165, 1.54) is 5.56 Å². The maximum Gasteiger partial charge on any atom is 0.297 e. The van der Waals surface area contributed by atoms with Gasteiger partial charge in [-0.1, -0.05) is 30.3 Å². The first-order chi connectivity index (χ1) is 12.5. The highest BCUT2D eigenvalue weighted by molar-refractivity contribution is 5.90. The Hall–Kier alpha value is -2.95. The van der Waals surface area contributed by atoms with Crippen LogP contribution >= 0.6 is 0 Å². The number of nitrogens with zero attached hydrogens (tertiary/aromatic N) is 1. The van der Waals surface area contributed by atoms with Crippen molar-refractivity contribution in [2.75, 3.05) is 12.4 Å². The summed E-state index contributed by atoms with van der Waals surface area (Å²) < 4.78 is 12.8. The standard InChI is InChI=1S/C21H24N2O3/c1-14(2)26-20-19(25-4)17-11-10-16(12-18(17)23(3)21(20)24)22-13-15-8-6-5-7-9-15/h5-12,14,22H,13H2,1-4H3. The van der Waals surface area contributed by atoms with E-state index < -0.39 is 0 Å². The summed E-state index contributed by atoms with van der Waals surface area (Å²) >= 11 is 0.